The Morgan fingerprint density at radius 1 is 1.03 bits per heavy atom. The molecule has 0 bridgehead atoms. The summed E-state index contributed by atoms with van der Waals surface area (Å²) < 4.78 is 28.6. The van der Waals surface area contributed by atoms with Gasteiger partial charge in [-0.15, -0.1) is 11.8 Å². The fraction of sp³-hybridized carbons (Fsp3) is 0.857. The summed E-state index contributed by atoms with van der Waals surface area (Å²) in [5.74, 6) is -1.50. The number of aliphatic hydroxyl groups excluding tert-OH is 2. The highest BCUT2D eigenvalue weighted by atomic mass is 32.2. The molecule has 4 unspecified atom stereocenters. The number of esters is 2. The van der Waals surface area contributed by atoms with E-state index in [1.807, 2.05) is 26.8 Å². The maximum atomic E-state index is 11.6. The van der Waals surface area contributed by atoms with E-state index in [1.54, 1.807) is 0 Å². The molecule has 0 saturated carbocycles. The smallest absolute Gasteiger partial charge is 0.303 e. The van der Waals surface area contributed by atoms with Crippen molar-refractivity contribution in [2.75, 3.05) is 19.0 Å². The zero-order valence-electron chi connectivity index (χ0n) is 19.0. The van der Waals surface area contributed by atoms with Crippen molar-refractivity contribution in [3.05, 3.63) is 0 Å². The van der Waals surface area contributed by atoms with Gasteiger partial charge in [-0.1, -0.05) is 20.8 Å². The van der Waals surface area contributed by atoms with Crippen LogP contribution in [-0.2, 0) is 33.3 Å². The fourth-order valence-electron chi connectivity index (χ4n) is 4.00. The van der Waals surface area contributed by atoms with Crippen LogP contribution in [0.5, 0.6) is 0 Å². The summed E-state index contributed by atoms with van der Waals surface area (Å²) in [6.07, 6.45) is -4.89. The van der Waals surface area contributed by atoms with E-state index in [4.69, 9.17) is 28.9 Å². The lowest BCUT2D eigenvalue weighted by Crippen LogP contribution is -2.59. The average molecular weight is 476 g/mol. The second kappa shape index (κ2) is 12.2. The Morgan fingerprint density at radius 2 is 1.72 bits per heavy atom. The molecule has 0 amide bonds. The Labute approximate surface area is 192 Å². The number of hydrogen-bond donors (Lipinski definition) is 2. The van der Waals surface area contributed by atoms with Gasteiger partial charge in [0.2, 0.25) is 0 Å². The van der Waals surface area contributed by atoms with Gasteiger partial charge in [-0.25, -0.2) is 0 Å². The Bertz CT molecular complexity index is 687. The fourth-order valence-corrected chi connectivity index (χ4v) is 4.92. The number of carbonyl (C=O) groups excluding carboxylic acids is 2. The standard InChI is InChI=1S/C21H33NO9S/c1-10-11(2)20(29-16(9-27-13(4)24)18(10)28-14(5)25)31-19-12(3)21(32-7-6-22)30-15(8-23)17(19)26/h10-12,15-21,23,26H,7-9H2,1-5H3/t10?,11?,12?,15?,16-,17+,18+,19+,20-,21-/m0/s1. The van der Waals surface area contributed by atoms with Crippen LogP contribution in [0.4, 0.5) is 0 Å². The molecule has 0 aromatic carbocycles. The molecule has 32 heavy (non-hydrogen) atoms. The van der Waals surface area contributed by atoms with Crippen LogP contribution in [0.3, 0.4) is 0 Å². The molecule has 182 valence electrons. The monoisotopic (exact) mass is 475 g/mol. The number of nitrogens with zero attached hydrogens (tertiary/aromatic N) is 1. The highest BCUT2D eigenvalue weighted by molar-refractivity contribution is 7.99. The number of carbonyl (C=O) groups is 2. The van der Waals surface area contributed by atoms with Gasteiger partial charge in [-0.05, 0) is 0 Å². The van der Waals surface area contributed by atoms with E-state index < -0.39 is 60.8 Å². The zero-order chi connectivity index (χ0) is 24.0. The molecule has 0 aliphatic carbocycles. The quantitative estimate of drug-likeness (QED) is 0.482. The Hall–Kier alpha value is -1.42. The second-order valence-corrected chi connectivity index (χ2v) is 9.37. The van der Waals surface area contributed by atoms with Gasteiger partial charge in [0.25, 0.3) is 0 Å². The third kappa shape index (κ3) is 6.56. The predicted molar refractivity (Wildman–Crippen MR) is 113 cm³/mol. The van der Waals surface area contributed by atoms with Gasteiger partial charge in [-0.3, -0.25) is 9.59 Å². The number of thioether (sulfide) groups is 1. The minimum atomic E-state index is -1.11. The molecule has 2 N–H and O–H groups in total. The van der Waals surface area contributed by atoms with Gasteiger partial charge in [0.05, 0.1) is 24.5 Å². The maximum Gasteiger partial charge on any atom is 0.303 e. The van der Waals surface area contributed by atoms with Crippen molar-refractivity contribution in [3.63, 3.8) is 0 Å². The van der Waals surface area contributed by atoms with E-state index in [9.17, 15) is 19.8 Å². The van der Waals surface area contributed by atoms with Crippen molar-refractivity contribution in [3.8, 4) is 6.07 Å². The Morgan fingerprint density at radius 3 is 2.28 bits per heavy atom. The first kappa shape index (κ1) is 26.8. The second-order valence-electron chi connectivity index (χ2n) is 8.28. The largest absolute Gasteiger partial charge is 0.463 e. The SMILES string of the molecule is CC(=O)OC[C@@H]1O[C@@H](O[C@@H]2C(C)[C@H](SCC#N)OC(CO)[C@H]2O)C(C)C(C)[C@H]1OC(C)=O. The van der Waals surface area contributed by atoms with E-state index in [0.717, 1.165) is 0 Å². The van der Waals surface area contributed by atoms with Crippen LogP contribution in [0.25, 0.3) is 0 Å². The minimum Gasteiger partial charge on any atom is -0.463 e. The van der Waals surface area contributed by atoms with E-state index in [-0.39, 0.29) is 30.1 Å². The van der Waals surface area contributed by atoms with Crippen LogP contribution in [0.1, 0.15) is 34.6 Å². The minimum absolute atomic E-state index is 0.115. The van der Waals surface area contributed by atoms with Crippen LogP contribution in [-0.4, -0.2) is 83.4 Å². The first-order valence-corrected chi connectivity index (χ1v) is 11.7. The molecule has 2 saturated heterocycles. The van der Waals surface area contributed by atoms with Crippen molar-refractivity contribution in [2.45, 2.75) is 76.9 Å². The molecule has 2 aliphatic heterocycles. The number of nitriles is 1. The summed E-state index contributed by atoms with van der Waals surface area (Å²) in [6.45, 7) is 7.67. The Kier molecular flexibility index (Phi) is 10.2. The van der Waals surface area contributed by atoms with Crippen LogP contribution in [0.15, 0.2) is 0 Å². The van der Waals surface area contributed by atoms with Crippen LogP contribution in [0, 0.1) is 29.1 Å². The van der Waals surface area contributed by atoms with Gasteiger partial charge in [0, 0.05) is 31.6 Å². The summed E-state index contributed by atoms with van der Waals surface area (Å²) in [5.41, 5.74) is -0.456. The molecular formula is C21H33NO9S. The molecule has 10 nitrogen and oxygen atoms in total. The normalized spacial score (nSPS) is 39.7. The van der Waals surface area contributed by atoms with Crippen molar-refractivity contribution in [1.82, 2.24) is 0 Å². The molecule has 2 heterocycles. The topological polar surface area (TPSA) is 145 Å². The number of ether oxygens (including phenoxy) is 5. The van der Waals surface area contributed by atoms with Crippen LogP contribution in [0.2, 0.25) is 0 Å². The molecule has 0 radical (unpaired) electrons. The summed E-state index contributed by atoms with van der Waals surface area (Å²) in [5, 5.41) is 29.3. The van der Waals surface area contributed by atoms with Gasteiger partial charge < -0.3 is 33.9 Å². The highest BCUT2D eigenvalue weighted by Gasteiger charge is 2.49. The molecule has 2 fully saturated rings. The lowest BCUT2D eigenvalue weighted by atomic mass is 9.84. The van der Waals surface area contributed by atoms with Crippen molar-refractivity contribution < 1.29 is 43.5 Å². The molecule has 0 spiro atoms. The highest BCUT2D eigenvalue weighted by Crippen LogP contribution is 2.39. The molecule has 0 aromatic rings. The van der Waals surface area contributed by atoms with Gasteiger partial charge in [0.15, 0.2) is 6.29 Å². The molecule has 2 aliphatic rings. The lowest BCUT2D eigenvalue weighted by molar-refractivity contribution is -0.313. The average Bonchev–Trinajstić information content (AvgIpc) is 2.74. The van der Waals surface area contributed by atoms with Gasteiger partial charge in [0.1, 0.15) is 36.5 Å². The maximum absolute atomic E-state index is 11.6. The van der Waals surface area contributed by atoms with E-state index in [0.29, 0.717) is 0 Å². The van der Waals surface area contributed by atoms with E-state index >= 15 is 0 Å². The summed E-state index contributed by atoms with van der Waals surface area (Å²) in [4.78, 5) is 22.9. The van der Waals surface area contributed by atoms with Crippen molar-refractivity contribution >= 4 is 23.7 Å². The molecule has 11 heteroatoms. The van der Waals surface area contributed by atoms with Gasteiger partial charge in [-0.2, -0.15) is 5.26 Å². The molecule has 10 atom stereocenters. The van der Waals surface area contributed by atoms with Crippen molar-refractivity contribution in [2.24, 2.45) is 17.8 Å². The van der Waals surface area contributed by atoms with Gasteiger partial charge >= 0.3 is 11.9 Å². The Balaban J connectivity index is 2.21. The van der Waals surface area contributed by atoms with E-state index in [2.05, 4.69) is 0 Å². The van der Waals surface area contributed by atoms with E-state index in [1.165, 1.54) is 25.6 Å². The van der Waals surface area contributed by atoms with Crippen molar-refractivity contribution in [1.29, 1.82) is 5.26 Å². The molecule has 0 aromatic heterocycles. The first-order valence-electron chi connectivity index (χ1n) is 10.6. The third-order valence-corrected chi connectivity index (χ3v) is 7.13. The number of hydrogen-bond acceptors (Lipinski definition) is 11. The van der Waals surface area contributed by atoms with Crippen LogP contribution >= 0.6 is 11.8 Å². The number of rotatable bonds is 8. The summed E-state index contributed by atoms with van der Waals surface area (Å²) >= 11 is 1.27. The predicted octanol–water partition coefficient (Wildman–Crippen LogP) is 0.834. The van der Waals surface area contributed by atoms with Crippen LogP contribution < -0.4 is 0 Å². The molecular weight excluding hydrogens is 442 g/mol. The lowest BCUT2D eigenvalue weighted by Gasteiger charge is -2.48. The number of aliphatic hydroxyl groups is 2. The summed E-state index contributed by atoms with van der Waals surface area (Å²) in [7, 11) is 0. The zero-order valence-corrected chi connectivity index (χ0v) is 19.8. The molecule has 2 rings (SSSR count). The third-order valence-electron chi connectivity index (χ3n) is 5.96. The first-order chi connectivity index (χ1) is 15.1. The summed E-state index contributed by atoms with van der Waals surface area (Å²) in [6, 6.07) is 2.05.